The minimum absolute atomic E-state index is 0.178. The molecule has 1 aliphatic rings. The molecule has 1 N–H and O–H groups in total. The van der Waals surface area contributed by atoms with Gasteiger partial charge in [0.25, 0.3) is 0 Å². The van der Waals surface area contributed by atoms with E-state index in [1.165, 1.54) is 5.56 Å². The third-order valence-corrected chi connectivity index (χ3v) is 4.70. The Morgan fingerprint density at radius 2 is 1.92 bits per heavy atom. The zero-order valence-corrected chi connectivity index (χ0v) is 15.5. The Hall–Kier alpha value is -2.53. The molecule has 0 fully saturated rings. The van der Waals surface area contributed by atoms with E-state index in [-0.39, 0.29) is 5.91 Å². The lowest BCUT2D eigenvalue weighted by molar-refractivity contribution is -0.118. The molecule has 0 saturated heterocycles. The van der Waals surface area contributed by atoms with Crippen molar-refractivity contribution in [3.05, 3.63) is 53.6 Å². The Balaban J connectivity index is 1.51. The number of para-hydroxylation sites is 1. The molecule has 138 valence electrons. The van der Waals surface area contributed by atoms with Gasteiger partial charge >= 0.3 is 0 Å². The molecule has 0 unspecified atom stereocenters. The van der Waals surface area contributed by atoms with Crippen LogP contribution < -0.4 is 19.7 Å². The zero-order valence-electron chi connectivity index (χ0n) is 15.5. The Kier molecular flexibility index (Phi) is 6.12. The van der Waals surface area contributed by atoms with Crippen molar-refractivity contribution in [2.75, 3.05) is 32.2 Å². The second kappa shape index (κ2) is 8.72. The number of nitrogens with one attached hydrogen (secondary N) is 1. The molecular weight excluding hydrogens is 328 g/mol. The smallest absolute Gasteiger partial charge is 0.228 e. The topological polar surface area (TPSA) is 50.8 Å². The highest BCUT2D eigenvalue weighted by Crippen LogP contribution is 2.28. The van der Waals surface area contributed by atoms with E-state index < -0.39 is 0 Å². The van der Waals surface area contributed by atoms with Crippen LogP contribution in [0.1, 0.15) is 24.0 Å². The quantitative estimate of drug-likeness (QED) is 0.776. The molecule has 5 nitrogen and oxygen atoms in total. The number of amides is 1. The van der Waals surface area contributed by atoms with Crippen LogP contribution in [0.4, 0.5) is 5.69 Å². The summed E-state index contributed by atoms with van der Waals surface area (Å²) in [5.41, 5.74) is 3.44. The number of carbonyl (C=O) groups excluding carboxylic acids is 1. The van der Waals surface area contributed by atoms with Gasteiger partial charge in [0, 0.05) is 31.7 Å². The van der Waals surface area contributed by atoms with Crippen LogP contribution in [0.15, 0.2) is 42.5 Å². The predicted molar refractivity (Wildman–Crippen MR) is 103 cm³/mol. The Morgan fingerprint density at radius 1 is 1.12 bits per heavy atom. The first-order chi connectivity index (χ1) is 12.7. The zero-order chi connectivity index (χ0) is 18.4. The summed E-state index contributed by atoms with van der Waals surface area (Å²) in [6, 6.07) is 14.0. The number of ether oxygens (including phenoxy) is 2. The molecule has 0 atom stereocenters. The normalized spacial score (nSPS) is 13.2. The molecule has 5 heteroatoms. The Morgan fingerprint density at radius 3 is 2.73 bits per heavy atom. The average Bonchev–Trinajstić information content (AvgIpc) is 2.70. The lowest BCUT2D eigenvalue weighted by Crippen LogP contribution is -2.36. The highest BCUT2D eigenvalue weighted by atomic mass is 16.5. The summed E-state index contributed by atoms with van der Waals surface area (Å²) >= 11 is 0. The van der Waals surface area contributed by atoms with Crippen molar-refractivity contribution in [3.8, 4) is 11.5 Å². The van der Waals surface area contributed by atoms with Crippen LogP contribution in [-0.4, -0.2) is 33.2 Å². The van der Waals surface area contributed by atoms with Crippen LogP contribution >= 0.6 is 0 Å². The van der Waals surface area contributed by atoms with Crippen molar-refractivity contribution in [1.29, 1.82) is 0 Å². The van der Waals surface area contributed by atoms with Gasteiger partial charge in [0.1, 0.15) is 0 Å². The van der Waals surface area contributed by atoms with E-state index in [0.717, 1.165) is 36.4 Å². The van der Waals surface area contributed by atoms with E-state index in [1.807, 2.05) is 41.3 Å². The lowest BCUT2D eigenvalue weighted by atomic mass is 10.0. The standard InChI is InChI=1S/C21H26N2O3/c1-25-19-10-9-16(14-20(19)26-2)15-22-12-11-21(24)23-13-5-7-17-6-3-4-8-18(17)23/h3-4,6,8-10,14,22H,5,7,11-13,15H2,1-2H3. The molecule has 0 bridgehead atoms. The molecule has 2 aromatic rings. The number of hydrogen-bond acceptors (Lipinski definition) is 4. The number of carbonyl (C=O) groups is 1. The van der Waals surface area contributed by atoms with Crippen LogP contribution in [0.5, 0.6) is 11.5 Å². The van der Waals surface area contributed by atoms with E-state index in [0.29, 0.717) is 25.3 Å². The molecule has 0 saturated carbocycles. The van der Waals surface area contributed by atoms with Gasteiger partial charge in [-0.1, -0.05) is 24.3 Å². The molecule has 3 rings (SSSR count). The van der Waals surface area contributed by atoms with E-state index in [9.17, 15) is 4.79 Å². The van der Waals surface area contributed by atoms with Crippen LogP contribution in [0.2, 0.25) is 0 Å². The molecule has 1 aliphatic heterocycles. The summed E-state index contributed by atoms with van der Waals surface area (Å²) in [5.74, 6) is 1.61. The Labute approximate surface area is 154 Å². The highest BCUT2D eigenvalue weighted by Gasteiger charge is 2.21. The van der Waals surface area contributed by atoms with Gasteiger partial charge in [-0.3, -0.25) is 4.79 Å². The van der Waals surface area contributed by atoms with E-state index in [4.69, 9.17) is 9.47 Å². The van der Waals surface area contributed by atoms with Gasteiger partial charge in [-0.05, 0) is 42.2 Å². The molecule has 26 heavy (non-hydrogen) atoms. The SMILES string of the molecule is COc1ccc(CNCCC(=O)N2CCCc3ccccc32)cc1OC. The van der Waals surface area contributed by atoms with Crippen molar-refractivity contribution in [1.82, 2.24) is 5.32 Å². The van der Waals surface area contributed by atoms with Crippen molar-refractivity contribution < 1.29 is 14.3 Å². The lowest BCUT2D eigenvalue weighted by Gasteiger charge is -2.29. The second-order valence-electron chi connectivity index (χ2n) is 6.39. The predicted octanol–water partition coefficient (Wildman–Crippen LogP) is 3.16. The number of anilines is 1. The highest BCUT2D eigenvalue weighted by molar-refractivity contribution is 5.94. The summed E-state index contributed by atoms with van der Waals surface area (Å²) in [5, 5.41) is 3.34. The molecule has 0 aromatic heterocycles. The van der Waals surface area contributed by atoms with Crippen LogP contribution in [0.25, 0.3) is 0 Å². The summed E-state index contributed by atoms with van der Waals surface area (Å²) in [6.45, 7) is 2.14. The summed E-state index contributed by atoms with van der Waals surface area (Å²) in [4.78, 5) is 14.5. The van der Waals surface area contributed by atoms with Gasteiger partial charge in [0.15, 0.2) is 11.5 Å². The first-order valence-corrected chi connectivity index (χ1v) is 9.03. The minimum Gasteiger partial charge on any atom is -0.493 e. The fourth-order valence-electron chi connectivity index (χ4n) is 3.35. The largest absolute Gasteiger partial charge is 0.493 e. The van der Waals surface area contributed by atoms with Crippen LogP contribution in [-0.2, 0) is 17.8 Å². The third kappa shape index (κ3) is 4.17. The number of nitrogens with zero attached hydrogens (tertiary/aromatic N) is 1. The molecular formula is C21H26N2O3. The van der Waals surface area contributed by atoms with Crippen molar-refractivity contribution >= 4 is 11.6 Å². The number of aryl methyl sites for hydroxylation is 1. The van der Waals surface area contributed by atoms with Gasteiger partial charge in [0.2, 0.25) is 5.91 Å². The maximum Gasteiger partial charge on any atom is 0.228 e. The van der Waals surface area contributed by atoms with Crippen molar-refractivity contribution in [3.63, 3.8) is 0 Å². The van der Waals surface area contributed by atoms with Gasteiger partial charge in [-0.25, -0.2) is 0 Å². The van der Waals surface area contributed by atoms with E-state index in [2.05, 4.69) is 11.4 Å². The van der Waals surface area contributed by atoms with Crippen molar-refractivity contribution in [2.24, 2.45) is 0 Å². The number of benzene rings is 2. The molecule has 2 aromatic carbocycles. The van der Waals surface area contributed by atoms with Gasteiger partial charge in [-0.2, -0.15) is 0 Å². The van der Waals surface area contributed by atoms with Crippen molar-refractivity contribution in [2.45, 2.75) is 25.8 Å². The first kappa shape index (κ1) is 18.3. The molecule has 0 spiro atoms. The number of methoxy groups -OCH3 is 2. The summed E-state index contributed by atoms with van der Waals surface area (Å²) in [6.07, 6.45) is 2.57. The number of hydrogen-bond donors (Lipinski definition) is 1. The fourth-order valence-corrected chi connectivity index (χ4v) is 3.35. The maximum absolute atomic E-state index is 12.6. The first-order valence-electron chi connectivity index (χ1n) is 9.03. The van der Waals surface area contributed by atoms with E-state index >= 15 is 0 Å². The molecule has 1 heterocycles. The van der Waals surface area contributed by atoms with Gasteiger partial charge in [0.05, 0.1) is 14.2 Å². The molecule has 1 amide bonds. The minimum atomic E-state index is 0.178. The average molecular weight is 354 g/mol. The monoisotopic (exact) mass is 354 g/mol. The Bertz CT molecular complexity index is 761. The second-order valence-corrected chi connectivity index (χ2v) is 6.39. The maximum atomic E-state index is 12.6. The fraction of sp³-hybridized carbons (Fsp3) is 0.381. The summed E-state index contributed by atoms with van der Waals surface area (Å²) in [7, 11) is 3.25. The van der Waals surface area contributed by atoms with Gasteiger partial charge < -0.3 is 19.7 Å². The number of rotatable bonds is 7. The molecule has 0 aliphatic carbocycles. The number of fused-ring (bicyclic) bond motifs is 1. The van der Waals surface area contributed by atoms with Crippen LogP contribution in [0.3, 0.4) is 0 Å². The summed E-state index contributed by atoms with van der Waals surface area (Å²) < 4.78 is 10.6. The third-order valence-electron chi connectivity index (χ3n) is 4.70. The molecule has 0 radical (unpaired) electrons. The van der Waals surface area contributed by atoms with Crippen LogP contribution in [0, 0.1) is 0 Å². The van der Waals surface area contributed by atoms with Gasteiger partial charge in [-0.15, -0.1) is 0 Å². The van der Waals surface area contributed by atoms with E-state index in [1.54, 1.807) is 14.2 Å².